The fourth-order valence-corrected chi connectivity index (χ4v) is 3.34. The van der Waals surface area contributed by atoms with E-state index >= 15 is 0 Å². The lowest BCUT2D eigenvalue weighted by atomic mass is 10.1. The van der Waals surface area contributed by atoms with Crippen molar-refractivity contribution in [1.29, 1.82) is 0 Å². The molecule has 2 heterocycles. The van der Waals surface area contributed by atoms with Gasteiger partial charge in [-0.05, 0) is 32.0 Å². The summed E-state index contributed by atoms with van der Waals surface area (Å²) in [4.78, 5) is 16.5. The fourth-order valence-electron chi connectivity index (χ4n) is 2.71. The van der Waals surface area contributed by atoms with Gasteiger partial charge in [-0.15, -0.1) is 5.10 Å². The molecule has 0 radical (unpaired) electrons. The highest BCUT2D eigenvalue weighted by Gasteiger charge is 2.17. The number of H-pyrrole nitrogens is 1. The first-order valence-electron chi connectivity index (χ1n) is 8.61. The van der Waals surface area contributed by atoms with Crippen LogP contribution in [0.3, 0.4) is 0 Å². The van der Waals surface area contributed by atoms with Gasteiger partial charge in [-0.3, -0.25) is 9.89 Å². The van der Waals surface area contributed by atoms with Crippen LogP contribution in [-0.4, -0.2) is 36.6 Å². The highest BCUT2D eigenvalue weighted by Crippen LogP contribution is 2.21. The smallest absolute Gasteiger partial charge is 0.230 e. The van der Waals surface area contributed by atoms with Crippen molar-refractivity contribution in [2.45, 2.75) is 38.4 Å². The monoisotopic (exact) mass is 388 g/mol. The van der Waals surface area contributed by atoms with E-state index in [0.717, 1.165) is 23.5 Å². The summed E-state index contributed by atoms with van der Waals surface area (Å²) in [5.74, 6) is 0.586. The molecule has 1 unspecified atom stereocenters. The molecule has 0 saturated heterocycles. The number of thioether (sulfide) groups is 1. The zero-order valence-electron chi connectivity index (χ0n) is 15.4. The highest BCUT2D eigenvalue weighted by molar-refractivity contribution is 7.99. The predicted molar refractivity (Wildman–Crippen MR) is 101 cm³/mol. The van der Waals surface area contributed by atoms with Gasteiger partial charge in [0.2, 0.25) is 11.1 Å². The van der Waals surface area contributed by atoms with Gasteiger partial charge >= 0.3 is 0 Å². The Labute approximate surface area is 160 Å². The van der Waals surface area contributed by atoms with Crippen molar-refractivity contribution in [2.75, 3.05) is 5.75 Å². The van der Waals surface area contributed by atoms with E-state index in [4.69, 9.17) is 0 Å². The number of aromatic nitrogens is 5. The van der Waals surface area contributed by atoms with Crippen LogP contribution < -0.4 is 5.32 Å². The number of nitrogens with zero attached hydrogens (tertiary/aromatic N) is 4. The molecule has 0 aliphatic heterocycles. The molecule has 7 nitrogen and oxygen atoms in total. The summed E-state index contributed by atoms with van der Waals surface area (Å²) in [6, 6.07) is 6.01. The molecule has 0 spiro atoms. The van der Waals surface area contributed by atoms with Gasteiger partial charge in [0.05, 0.1) is 23.7 Å². The number of hydrogen-bond donors (Lipinski definition) is 2. The Kier molecular flexibility index (Phi) is 5.90. The van der Waals surface area contributed by atoms with E-state index in [1.165, 1.54) is 23.9 Å². The molecule has 3 rings (SSSR count). The predicted octanol–water partition coefficient (Wildman–Crippen LogP) is 2.97. The molecule has 0 aliphatic rings. The topological polar surface area (TPSA) is 88.5 Å². The van der Waals surface area contributed by atoms with Gasteiger partial charge in [-0.1, -0.05) is 24.8 Å². The van der Waals surface area contributed by atoms with Crippen molar-refractivity contribution in [3.63, 3.8) is 0 Å². The fraction of sp³-hybridized carbons (Fsp3) is 0.333. The molecule has 2 N–H and O–H groups in total. The second-order valence-corrected chi connectivity index (χ2v) is 7.02. The first-order chi connectivity index (χ1) is 13.0. The van der Waals surface area contributed by atoms with E-state index in [1.807, 2.05) is 20.8 Å². The molecule has 27 heavy (non-hydrogen) atoms. The molecule has 9 heteroatoms. The summed E-state index contributed by atoms with van der Waals surface area (Å²) in [6.07, 6.45) is 2.46. The van der Waals surface area contributed by atoms with Crippen LogP contribution in [0, 0.1) is 12.7 Å². The van der Waals surface area contributed by atoms with Crippen molar-refractivity contribution in [1.82, 2.24) is 30.3 Å². The lowest BCUT2D eigenvalue weighted by molar-refractivity contribution is -0.119. The minimum Gasteiger partial charge on any atom is -0.349 e. The molecular formula is C18H21FN6OS. The molecule has 0 saturated carbocycles. The summed E-state index contributed by atoms with van der Waals surface area (Å²) in [5, 5.41) is 14.7. The summed E-state index contributed by atoms with van der Waals surface area (Å²) >= 11 is 1.28. The Morgan fingerprint density at radius 2 is 2.26 bits per heavy atom. The molecule has 0 fully saturated rings. The number of halogens is 1. The van der Waals surface area contributed by atoms with Gasteiger partial charge in [0.1, 0.15) is 11.6 Å². The van der Waals surface area contributed by atoms with E-state index in [0.29, 0.717) is 10.8 Å². The molecule has 3 aromatic rings. The number of carbonyl (C=O) groups is 1. The van der Waals surface area contributed by atoms with Crippen molar-refractivity contribution < 1.29 is 9.18 Å². The van der Waals surface area contributed by atoms with Gasteiger partial charge in [0.15, 0.2) is 0 Å². The Morgan fingerprint density at radius 1 is 1.44 bits per heavy atom. The quantitative estimate of drug-likeness (QED) is 0.608. The third kappa shape index (κ3) is 4.54. The second-order valence-electron chi connectivity index (χ2n) is 6.07. The van der Waals surface area contributed by atoms with Crippen LogP contribution in [0.25, 0.3) is 5.69 Å². The first kappa shape index (κ1) is 19.1. The Hall–Kier alpha value is -2.68. The minimum absolute atomic E-state index is 0.117. The Morgan fingerprint density at radius 3 is 2.96 bits per heavy atom. The largest absolute Gasteiger partial charge is 0.349 e. The number of carbonyl (C=O) groups excluding carboxylic acids is 1. The molecule has 0 aliphatic carbocycles. The average Bonchev–Trinajstić information content (AvgIpc) is 3.26. The van der Waals surface area contributed by atoms with Crippen LogP contribution in [0.2, 0.25) is 0 Å². The number of nitrogens with one attached hydrogen (secondary N) is 2. The molecule has 1 aromatic carbocycles. The lowest BCUT2D eigenvalue weighted by Gasteiger charge is -2.14. The van der Waals surface area contributed by atoms with Crippen LogP contribution >= 0.6 is 11.8 Å². The second kappa shape index (κ2) is 8.34. The molecular weight excluding hydrogens is 367 g/mol. The van der Waals surface area contributed by atoms with Crippen molar-refractivity contribution >= 4 is 17.7 Å². The number of aromatic amines is 1. The Bertz CT molecular complexity index is 938. The summed E-state index contributed by atoms with van der Waals surface area (Å²) < 4.78 is 15.1. The Balaban J connectivity index is 1.62. The molecule has 1 atom stereocenters. The normalized spacial score (nSPS) is 12.1. The van der Waals surface area contributed by atoms with E-state index in [9.17, 15) is 9.18 Å². The van der Waals surface area contributed by atoms with E-state index in [-0.39, 0.29) is 23.5 Å². The molecule has 1 amide bonds. The number of aryl methyl sites for hydroxylation is 1. The van der Waals surface area contributed by atoms with E-state index in [2.05, 4.69) is 25.6 Å². The van der Waals surface area contributed by atoms with Crippen molar-refractivity contribution in [3.8, 4) is 5.69 Å². The van der Waals surface area contributed by atoms with Crippen LogP contribution in [0.1, 0.15) is 37.0 Å². The van der Waals surface area contributed by atoms with Gasteiger partial charge in [0.25, 0.3) is 0 Å². The zero-order valence-corrected chi connectivity index (χ0v) is 16.2. The zero-order chi connectivity index (χ0) is 19.4. The molecule has 2 aromatic heterocycles. The van der Waals surface area contributed by atoms with Crippen LogP contribution in [-0.2, 0) is 11.2 Å². The third-order valence-corrected chi connectivity index (χ3v) is 4.97. The number of rotatable bonds is 7. The van der Waals surface area contributed by atoms with Gasteiger partial charge < -0.3 is 5.32 Å². The van der Waals surface area contributed by atoms with E-state index in [1.54, 1.807) is 23.0 Å². The summed E-state index contributed by atoms with van der Waals surface area (Å²) in [5.41, 5.74) is 2.37. The number of amides is 1. The van der Waals surface area contributed by atoms with Gasteiger partial charge in [0, 0.05) is 17.7 Å². The maximum absolute atomic E-state index is 13.5. The lowest BCUT2D eigenvalue weighted by Crippen LogP contribution is -2.28. The third-order valence-electron chi connectivity index (χ3n) is 4.12. The van der Waals surface area contributed by atoms with Crippen LogP contribution in [0.15, 0.2) is 35.6 Å². The SMILES string of the molecule is CCc1nc(SCC(=O)NC(C)c2cnn(-c3cccc(F)c3)c2C)n[nH]1. The standard InChI is InChI=1S/C18H21FN6OS/c1-4-16-22-18(24-23-16)27-10-17(26)21-11(2)15-9-20-25(12(15)3)14-7-5-6-13(19)8-14/h5-9,11H,4,10H2,1-3H3,(H,21,26)(H,22,23,24). The van der Waals surface area contributed by atoms with Crippen molar-refractivity contribution in [2.24, 2.45) is 0 Å². The highest BCUT2D eigenvalue weighted by atomic mass is 32.2. The first-order valence-corrected chi connectivity index (χ1v) is 9.60. The van der Waals surface area contributed by atoms with Crippen LogP contribution in [0.5, 0.6) is 0 Å². The average molecular weight is 388 g/mol. The summed E-state index contributed by atoms with van der Waals surface area (Å²) in [6.45, 7) is 5.77. The number of benzene rings is 1. The number of hydrogen-bond acceptors (Lipinski definition) is 5. The van der Waals surface area contributed by atoms with Gasteiger partial charge in [-0.25, -0.2) is 14.1 Å². The van der Waals surface area contributed by atoms with Crippen molar-refractivity contribution in [3.05, 3.63) is 53.4 Å². The molecule has 0 bridgehead atoms. The maximum atomic E-state index is 13.5. The molecule has 142 valence electrons. The maximum Gasteiger partial charge on any atom is 0.230 e. The van der Waals surface area contributed by atoms with Crippen LogP contribution in [0.4, 0.5) is 4.39 Å². The van der Waals surface area contributed by atoms with E-state index < -0.39 is 0 Å². The summed E-state index contributed by atoms with van der Waals surface area (Å²) in [7, 11) is 0. The van der Waals surface area contributed by atoms with Gasteiger partial charge in [-0.2, -0.15) is 5.10 Å². The minimum atomic E-state index is -0.319.